The first-order valence-electron chi connectivity index (χ1n) is 5.15. The molecule has 0 spiro atoms. The number of hydrogen-bond acceptors (Lipinski definition) is 4. The zero-order valence-corrected chi connectivity index (χ0v) is 11.5. The minimum atomic E-state index is -0.323. The van der Waals surface area contributed by atoms with Gasteiger partial charge in [-0.3, -0.25) is 0 Å². The third-order valence-corrected chi connectivity index (χ3v) is 3.92. The number of aromatic nitrogens is 2. The summed E-state index contributed by atoms with van der Waals surface area (Å²) in [6.45, 7) is 2.02. The standard InChI is InChI=1S/C11H11Cl2N3S/c1-2-9-11(17-16-15-9)10(14)7-5-6(12)3-4-8(7)13/h3-5,10H,2,14H2,1H3. The molecule has 1 aromatic carbocycles. The van der Waals surface area contributed by atoms with Crippen molar-refractivity contribution in [2.45, 2.75) is 19.4 Å². The van der Waals surface area contributed by atoms with Gasteiger partial charge in [-0.15, -0.1) is 5.10 Å². The summed E-state index contributed by atoms with van der Waals surface area (Å²) in [5.41, 5.74) is 7.91. The lowest BCUT2D eigenvalue weighted by Crippen LogP contribution is -2.12. The van der Waals surface area contributed by atoms with E-state index >= 15 is 0 Å². The molecule has 0 saturated carbocycles. The van der Waals surface area contributed by atoms with Crippen LogP contribution in [0.2, 0.25) is 10.0 Å². The molecule has 90 valence electrons. The van der Waals surface area contributed by atoms with Crippen LogP contribution in [-0.4, -0.2) is 9.59 Å². The molecule has 0 fully saturated rings. The van der Waals surface area contributed by atoms with E-state index in [0.717, 1.165) is 22.6 Å². The van der Waals surface area contributed by atoms with Crippen molar-refractivity contribution in [3.05, 3.63) is 44.4 Å². The van der Waals surface area contributed by atoms with Gasteiger partial charge in [-0.05, 0) is 41.7 Å². The van der Waals surface area contributed by atoms with E-state index in [1.807, 2.05) is 6.92 Å². The van der Waals surface area contributed by atoms with Gasteiger partial charge in [0.05, 0.1) is 16.6 Å². The van der Waals surface area contributed by atoms with E-state index in [1.54, 1.807) is 18.2 Å². The molecule has 1 unspecified atom stereocenters. The van der Waals surface area contributed by atoms with Gasteiger partial charge in [0, 0.05) is 10.0 Å². The first-order chi connectivity index (χ1) is 8.13. The highest BCUT2D eigenvalue weighted by Gasteiger charge is 2.19. The number of rotatable bonds is 3. The number of benzene rings is 1. The molecule has 1 atom stereocenters. The quantitative estimate of drug-likeness (QED) is 0.941. The Balaban J connectivity index is 2.43. The molecule has 2 aromatic rings. The second-order valence-corrected chi connectivity index (χ2v) is 5.21. The fraction of sp³-hybridized carbons (Fsp3) is 0.273. The zero-order chi connectivity index (χ0) is 12.4. The third kappa shape index (κ3) is 2.60. The number of aryl methyl sites for hydroxylation is 1. The van der Waals surface area contributed by atoms with Crippen molar-refractivity contribution in [1.82, 2.24) is 9.59 Å². The zero-order valence-electron chi connectivity index (χ0n) is 9.15. The van der Waals surface area contributed by atoms with Crippen LogP contribution in [-0.2, 0) is 6.42 Å². The summed E-state index contributed by atoms with van der Waals surface area (Å²) in [5.74, 6) is 0. The van der Waals surface area contributed by atoms with Crippen molar-refractivity contribution in [1.29, 1.82) is 0 Å². The number of nitrogens with zero attached hydrogens (tertiary/aromatic N) is 2. The highest BCUT2D eigenvalue weighted by atomic mass is 35.5. The van der Waals surface area contributed by atoms with Crippen LogP contribution in [0.3, 0.4) is 0 Å². The van der Waals surface area contributed by atoms with E-state index in [-0.39, 0.29) is 6.04 Å². The molecular formula is C11H11Cl2N3S. The monoisotopic (exact) mass is 287 g/mol. The van der Waals surface area contributed by atoms with Gasteiger partial charge in [0.25, 0.3) is 0 Å². The van der Waals surface area contributed by atoms with Crippen LogP contribution < -0.4 is 5.73 Å². The first kappa shape index (κ1) is 12.8. The molecule has 2 N–H and O–H groups in total. The van der Waals surface area contributed by atoms with Crippen LogP contribution in [0.25, 0.3) is 0 Å². The van der Waals surface area contributed by atoms with E-state index < -0.39 is 0 Å². The molecule has 0 radical (unpaired) electrons. The minimum absolute atomic E-state index is 0.323. The molecule has 0 aliphatic carbocycles. The van der Waals surface area contributed by atoms with Crippen LogP contribution in [0.15, 0.2) is 18.2 Å². The summed E-state index contributed by atoms with van der Waals surface area (Å²) in [6, 6.07) is 4.95. The average Bonchev–Trinajstić information content (AvgIpc) is 2.79. The van der Waals surface area contributed by atoms with Gasteiger partial charge in [-0.1, -0.05) is 34.6 Å². The van der Waals surface area contributed by atoms with Crippen molar-refractivity contribution in [2.24, 2.45) is 5.73 Å². The smallest absolute Gasteiger partial charge is 0.0804 e. The average molecular weight is 288 g/mol. The summed E-state index contributed by atoms with van der Waals surface area (Å²) in [4.78, 5) is 0.941. The van der Waals surface area contributed by atoms with Crippen molar-refractivity contribution in [3.8, 4) is 0 Å². The summed E-state index contributed by atoms with van der Waals surface area (Å²) in [6.07, 6.45) is 0.803. The molecule has 6 heteroatoms. The van der Waals surface area contributed by atoms with Crippen LogP contribution >= 0.6 is 34.7 Å². The highest BCUT2D eigenvalue weighted by molar-refractivity contribution is 7.05. The Hall–Kier alpha value is -0.680. The van der Waals surface area contributed by atoms with Gasteiger partial charge in [-0.2, -0.15) is 0 Å². The second-order valence-electron chi connectivity index (χ2n) is 3.58. The fourth-order valence-electron chi connectivity index (χ4n) is 1.59. The maximum absolute atomic E-state index is 6.19. The minimum Gasteiger partial charge on any atom is -0.319 e. The highest BCUT2D eigenvalue weighted by Crippen LogP contribution is 2.31. The topological polar surface area (TPSA) is 51.8 Å². The van der Waals surface area contributed by atoms with Gasteiger partial charge >= 0.3 is 0 Å². The number of halogens is 2. The largest absolute Gasteiger partial charge is 0.319 e. The molecular weight excluding hydrogens is 277 g/mol. The molecule has 1 aromatic heterocycles. The molecule has 0 bridgehead atoms. The van der Waals surface area contributed by atoms with E-state index in [2.05, 4.69) is 9.59 Å². The third-order valence-electron chi connectivity index (χ3n) is 2.50. The fourth-order valence-corrected chi connectivity index (χ4v) is 2.77. The first-order valence-corrected chi connectivity index (χ1v) is 6.68. The van der Waals surface area contributed by atoms with E-state index in [9.17, 15) is 0 Å². The van der Waals surface area contributed by atoms with Gasteiger partial charge < -0.3 is 5.73 Å². The lowest BCUT2D eigenvalue weighted by atomic mass is 10.0. The molecule has 2 rings (SSSR count). The Bertz CT molecular complexity index is 527. The molecule has 0 amide bonds. The Labute approximate surface area is 114 Å². The van der Waals surface area contributed by atoms with Crippen molar-refractivity contribution >= 4 is 34.7 Å². The maximum atomic E-state index is 6.19. The Morgan fingerprint density at radius 2 is 2.18 bits per heavy atom. The second kappa shape index (κ2) is 5.31. The van der Waals surface area contributed by atoms with Crippen LogP contribution in [0.1, 0.15) is 29.1 Å². The van der Waals surface area contributed by atoms with Crippen LogP contribution in [0, 0.1) is 0 Å². The van der Waals surface area contributed by atoms with Gasteiger partial charge in [-0.25, -0.2) is 0 Å². The van der Waals surface area contributed by atoms with Crippen molar-refractivity contribution < 1.29 is 0 Å². The Kier molecular flexibility index (Phi) is 3.99. The predicted octanol–water partition coefficient (Wildman–Crippen LogP) is 3.46. The molecule has 0 aliphatic heterocycles. The molecule has 0 saturated heterocycles. The number of nitrogens with two attached hydrogens (primary N) is 1. The normalized spacial score (nSPS) is 12.7. The molecule has 3 nitrogen and oxygen atoms in total. The lowest BCUT2D eigenvalue weighted by molar-refractivity contribution is 0.854. The molecule has 1 heterocycles. The summed E-state index contributed by atoms with van der Waals surface area (Å²) >= 11 is 13.4. The van der Waals surface area contributed by atoms with Crippen LogP contribution in [0.5, 0.6) is 0 Å². The van der Waals surface area contributed by atoms with E-state index in [4.69, 9.17) is 28.9 Å². The maximum Gasteiger partial charge on any atom is 0.0804 e. The number of hydrogen-bond donors (Lipinski definition) is 1. The van der Waals surface area contributed by atoms with Crippen molar-refractivity contribution in [3.63, 3.8) is 0 Å². The van der Waals surface area contributed by atoms with Gasteiger partial charge in [0.15, 0.2) is 0 Å². The SMILES string of the molecule is CCc1nnsc1C(N)c1cc(Cl)ccc1Cl. The van der Waals surface area contributed by atoms with E-state index in [1.165, 1.54) is 11.5 Å². The summed E-state index contributed by atoms with van der Waals surface area (Å²) in [5, 5.41) is 5.28. The molecule has 0 aliphatic rings. The van der Waals surface area contributed by atoms with Crippen LogP contribution in [0.4, 0.5) is 0 Å². The summed E-state index contributed by atoms with van der Waals surface area (Å²) < 4.78 is 3.93. The summed E-state index contributed by atoms with van der Waals surface area (Å²) in [7, 11) is 0. The predicted molar refractivity (Wildman–Crippen MR) is 71.8 cm³/mol. The Morgan fingerprint density at radius 3 is 2.88 bits per heavy atom. The van der Waals surface area contributed by atoms with Gasteiger partial charge in [0.1, 0.15) is 0 Å². The Morgan fingerprint density at radius 1 is 1.41 bits per heavy atom. The van der Waals surface area contributed by atoms with Gasteiger partial charge in [0.2, 0.25) is 0 Å². The molecule has 17 heavy (non-hydrogen) atoms. The lowest BCUT2D eigenvalue weighted by Gasteiger charge is -2.12. The van der Waals surface area contributed by atoms with Crippen molar-refractivity contribution in [2.75, 3.05) is 0 Å². The van der Waals surface area contributed by atoms with E-state index in [0.29, 0.717) is 10.0 Å².